The first-order chi connectivity index (χ1) is 8.81. The molecule has 104 valence electrons. The number of aromatic amines is 2. The van der Waals surface area contributed by atoms with Gasteiger partial charge in [0.05, 0.1) is 11.4 Å². The number of hydrogen-bond donors (Lipinski definition) is 3. The molecule has 0 aliphatic heterocycles. The number of aromatic nitrogens is 4. The van der Waals surface area contributed by atoms with Crippen molar-refractivity contribution in [3.63, 3.8) is 0 Å². The van der Waals surface area contributed by atoms with Gasteiger partial charge in [-0.1, -0.05) is 13.8 Å². The molecule has 0 bridgehead atoms. The van der Waals surface area contributed by atoms with Crippen LogP contribution in [-0.4, -0.2) is 28.8 Å². The van der Waals surface area contributed by atoms with Crippen molar-refractivity contribution in [1.29, 1.82) is 0 Å². The normalized spacial score (nSPS) is 12.1. The Balaban J connectivity index is 2.31. The average molecular weight is 283 g/mol. The van der Waals surface area contributed by atoms with Crippen LogP contribution in [0.1, 0.15) is 36.8 Å². The third-order valence-electron chi connectivity index (χ3n) is 2.79. The fourth-order valence-corrected chi connectivity index (χ4v) is 3.18. The molecule has 2 aromatic heterocycles. The molecule has 3 N–H and O–H groups in total. The minimum atomic E-state index is -3.67. The molecule has 0 aliphatic carbocycles. The van der Waals surface area contributed by atoms with Gasteiger partial charge >= 0.3 is 0 Å². The van der Waals surface area contributed by atoms with Crippen molar-refractivity contribution >= 4 is 15.8 Å². The Kier molecular flexibility index (Phi) is 3.36. The second kappa shape index (κ2) is 4.69. The molecule has 7 nitrogen and oxygen atoms in total. The lowest BCUT2D eigenvalue weighted by Crippen LogP contribution is -2.14. The Morgan fingerprint density at radius 1 is 1.21 bits per heavy atom. The van der Waals surface area contributed by atoms with Crippen LogP contribution in [0.15, 0.2) is 11.0 Å². The van der Waals surface area contributed by atoms with Gasteiger partial charge in [-0.3, -0.25) is 14.9 Å². The molecular weight excluding hydrogens is 266 g/mol. The standard InChI is InChI=1S/C11H17N5O2S/c1-6(2)9-5-10(15-14-9)16-19(17,18)11-7(3)12-13-8(11)4/h5-6H,1-4H3,(H,12,13)(H2,14,15,16). The lowest BCUT2D eigenvalue weighted by molar-refractivity contribution is 0.600. The van der Waals surface area contributed by atoms with E-state index in [1.165, 1.54) is 0 Å². The Hall–Kier alpha value is -1.83. The molecule has 0 unspecified atom stereocenters. The number of sulfonamides is 1. The summed E-state index contributed by atoms with van der Waals surface area (Å²) >= 11 is 0. The zero-order valence-electron chi connectivity index (χ0n) is 11.3. The number of nitrogens with one attached hydrogen (secondary N) is 3. The first kappa shape index (κ1) is 13.6. The second-order valence-corrected chi connectivity index (χ2v) is 6.35. The van der Waals surface area contributed by atoms with Gasteiger partial charge in [0.15, 0.2) is 5.82 Å². The number of hydrogen-bond acceptors (Lipinski definition) is 4. The topological polar surface area (TPSA) is 104 Å². The Morgan fingerprint density at radius 2 is 1.89 bits per heavy atom. The highest BCUT2D eigenvalue weighted by atomic mass is 32.2. The monoisotopic (exact) mass is 283 g/mol. The van der Waals surface area contributed by atoms with E-state index in [1.807, 2.05) is 13.8 Å². The summed E-state index contributed by atoms with van der Waals surface area (Å²) < 4.78 is 27.0. The van der Waals surface area contributed by atoms with E-state index < -0.39 is 10.0 Å². The van der Waals surface area contributed by atoms with E-state index in [4.69, 9.17) is 0 Å². The fraction of sp³-hybridized carbons (Fsp3) is 0.455. The Labute approximate surface area is 111 Å². The summed E-state index contributed by atoms with van der Waals surface area (Å²) in [5, 5.41) is 13.3. The Morgan fingerprint density at radius 3 is 2.37 bits per heavy atom. The van der Waals surface area contributed by atoms with Crippen LogP contribution >= 0.6 is 0 Å². The highest BCUT2D eigenvalue weighted by Crippen LogP contribution is 2.21. The highest BCUT2D eigenvalue weighted by molar-refractivity contribution is 7.92. The van der Waals surface area contributed by atoms with Crippen LogP contribution in [-0.2, 0) is 10.0 Å². The maximum atomic E-state index is 12.3. The third kappa shape index (κ3) is 2.62. The fourth-order valence-electron chi connectivity index (χ4n) is 1.81. The molecule has 2 rings (SSSR count). The summed E-state index contributed by atoms with van der Waals surface area (Å²) in [7, 11) is -3.67. The predicted octanol–water partition coefficient (Wildman–Crippen LogP) is 1.67. The van der Waals surface area contributed by atoms with Gasteiger partial charge in [0.2, 0.25) is 0 Å². The molecule has 0 saturated carbocycles. The first-order valence-electron chi connectivity index (χ1n) is 5.91. The molecule has 0 saturated heterocycles. The average Bonchev–Trinajstić information content (AvgIpc) is 2.85. The van der Waals surface area contributed by atoms with E-state index in [9.17, 15) is 8.42 Å². The molecule has 19 heavy (non-hydrogen) atoms. The van der Waals surface area contributed by atoms with E-state index in [0.29, 0.717) is 11.4 Å². The van der Waals surface area contributed by atoms with Crippen molar-refractivity contribution in [2.24, 2.45) is 0 Å². The quantitative estimate of drug-likeness (QED) is 0.794. The van der Waals surface area contributed by atoms with Crippen molar-refractivity contribution in [1.82, 2.24) is 20.4 Å². The molecule has 0 aliphatic rings. The van der Waals surface area contributed by atoms with Gasteiger partial charge in [-0.25, -0.2) is 8.42 Å². The summed E-state index contributed by atoms with van der Waals surface area (Å²) in [5.74, 6) is 0.534. The minimum Gasteiger partial charge on any atom is -0.281 e. The van der Waals surface area contributed by atoms with Crippen LogP contribution in [0.3, 0.4) is 0 Å². The first-order valence-corrected chi connectivity index (χ1v) is 7.39. The van der Waals surface area contributed by atoms with Gasteiger partial charge in [-0.05, 0) is 19.8 Å². The van der Waals surface area contributed by atoms with Crippen molar-refractivity contribution in [2.75, 3.05) is 4.72 Å². The number of nitrogens with zero attached hydrogens (tertiary/aromatic N) is 2. The van der Waals surface area contributed by atoms with Gasteiger partial charge in [-0.2, -0.15) is 10.2 Å². The number of H-pyrrole nitrogens is 2. The molecule has 0 radical (unpaired) electrons. The molecule has 0 atom stereocenters. The summed E-state index contributed by atoms with van der Waals surface area (Å²) in [4.78, 5) is 0.168. The maximum Gasteiger partial charge on any atom is 0.266 e. The molecule has 0 spiro atoms. The van der Waals surface area contributed by atoms with Crippen LogP contribution in [0.5, 0.6) is 0 Å². The van der Waals surface area contributed by atoms with Gasteiger partial charge in [0, 0.05) is 11.8 Å². The summed E-state index contributed by atoms with van der Waals surface area (Å²) in [6.07, 6.45) is 0. The van der Waals surface area contributed by atoms with Crippen LogP contribution in [0.2, 0.25) is 0 Å². The molecule has 0 fully saturated rings. The third-order valence-corrected chi connectivity index (χ3v) is 4.40. The van der Waals surface area contributed by atoms with Crippen LogP contribution in [0, 0.1) is 13.8 Å². The van der Waals surface area contributed by atoms with E-state index >= 15 is 0 Å². The van der Waals surface area contributed by atoms with Crippen molar-refractivity contribution in [2.45, 2.75) is 38.5 Å². The maximum absolute atomic E-state index is 12.3. The summed E-state index contributed by atoms with van der Waals surface area (Å²) in [6, 6.07) is 1.69. The number of aryl methyl sites for hydroxylation is 2. The zero-order chi connectivity index (χ0) is 14.2. The van der Waals surface area contributed by atoms with E-state index in [1.54, 1.807) is 19.9 Å². The SMILES string of the molecule is Cc1n[nH]c(C)c1S(=O)(=O)Nc1cc(C(C)C)[nH]n1. The van der Waals surface area contributed by atoms with Gasteiger partial charge in [-0.15, -0.1) is 0 Å². The van der Waals surface area contributed by atoms with Gasteiger partial charge < -0.3 is 0 Å². The molecule has 2 aromatic rings. The van der Waals surface area contributed by atoms with Crippen LogP contribution in [0.4, 0.5) is 5.82 Å². The molecular formula is C11H17N5O2S. The minimum absolute atomic E-state index is 0.168. The summed E-state index contributed by atoms with van der Waals surface area (Å²) in [6.45, 7) is 7.30. The Bertz CT molecular complexity index is 664. The largest absolute Gasteiger partial charge is 0.281 e. The van der Waals surface area contributed by atoms with E-state index in [-0.39, 0.29) is 16.6 Å². The van der Waals surface area contributed by atoms with Crippen molar-refractivity contribution < 1.29 is 8.42 Å². The number of rotatable bonds is 4. The van der Waals surface area contributed by atoms with Gasteiger partial charge in [0.25, 0.3) is 10.0 Å². The second-order valence-electron chi connectivity index (χ2n) is 4.73. The van der Waals surface area contributed by atoms with Crippen molar-refractivity contribution in [3.05, 3.63) is 23.1 Å². The molecule has 0 amide bonds. The van der Waals surface area contributed by atoms with E-state index in [0.717, 1.165) is 5.69 Å². The lowest BCUT2D eigenvalue weighted by atomic mass is 10.1. The smallest absolute Gasteiger partial charge is 0.266 e. The lowest BCUT2D eigenvalue weighted by Gasteiger charge is -2.04. The van der Waals surface area contributed by atoms with Crippen molar-refractivity contribution in [3.8, 4) is 0 Å². The highest BCUT2D eigenvalue weighted by Gasteiger charge is 2.23. The molecule has 2 heterocycles. The van der Waals surface area contributed by atoms with Gasteiger partial charge in [0.1, 0.15) is 4.90 Å². The molecule has 8 heteroatoms. The van der Waals surface area contributed by atoms with Crippen LogP contribution in [0.25, 0.3) is 0 Å². The van der Waals surface area contributed by atoms with E-state index in [2.05, 4.69) is 25.1 Å². The summed E-state index contributed by atoms with van der Waals surface area (Å²) in [5.41, 5.74) is 1.81. The van der Waals surface area contributed by atoms with Crippen LogP contribution < -0.4 is 4.72 Å². The molecule has 0 aromatic carbocycles. The number of anilines is 1. The predicted molar refractivity (Wildman–Crippen MR) is 71.5 cm³/mol. The zero-order valence-corrected chi connectivity index (χ0v) is 12.1.